The second-order valence-corrected chi connectivity index (χ2v) is 8.67. The van der Waals surface area contributed by atoms with Gasteiger partial charge in [-0.2, -0.15) is 0 Å². The number of aromatic nitrogens is 4. The largest absolute Gasteiger partial charge is 0.365 e. The number of nitrogens with one attached hydrogen (secondary N) is 1. The van der Waals surface area contributed by atoms with Crippen molar-refractivity contribution < 1.29 is 4.39 Å². The highest BCUT2D eigenvalue weighted by Crippen LogP contribution is 2.42. The summed E-state index contributed by atoms with van der Waals surface area (Å²) in [7, 11) is 0. The van der Waals surface area contributed by atoms with Crippen molar-refractivity contribution in [2.75, 3.05) is 5.32 Å². The van der Waals surface area contributed by atoms with E-state index in [0.717, 1.165) is 42.3 Å². The van der Waals surface area contributed by atoms with Crippen molar-refractivity contribution in [2.24, 2.45) is 0 Å². The van der Waals surface area contributed by atoms with Gasteiger partial charge in [0, 0.05) is 24.0 Å². The number of nitrogens with zero attached hydrogens (tertiary/aromatic N) is 4. The Morgan fingerprint density at radius 1 is 1.06 bits per heavy atom. The first kappa shape index (κ1) is 19.0. The molecule has 1 atom stereocenters. The van der Waals surface area contributed by atoms with E-state index < -0.39 is 5.82 Å². The Kier molecular flexibility index (Phi) is 4.45. The Labute approximate surface area is 185 Å². The highest BCUT2D eigenvalue weighted by atomic mass is 19.1. The van der Waals surface area contributed by atoms with Crippen LogP contribution in [0.25, 0.3) is 28.0 Å². The predicted molar refractivity (Wildman–Crippen MR) is 124 cm³/mol. The smallest absolute Gasteiger partial charge is 0.163 e. The average molecular weight is 423 g/mol. The molecule has 3 heterocycles. The number of hydrogen-bond donors (Lipinski definition) is 1. The molecular formula is C26H22FN5. The van der Waals surface area contributed by atoms with Gasteiger partial charge in [-0.05, 0) is 67.0 Å². The van der Waals surface area contributed by atoms with Gasteiger partial charge in [0.1, 0.15) is 11.3 Å². The van der Waals surface area contributed by atoms with E-state index in [0.29, 0.717) is 17.2 Å². The van der Waals surface area contributed by atoms with E-state index in [1.807, 2.05) is 19.2 Å². The fraction of sp³-hybridized carbons (Fsp3) is 0.231. The maximum Gasteiger partial charge on any atom is 0.163 e. The third-order valence-corrected chi connectivity index (χ3v) is 6.39. The van der Waals surface area contributed by atoms with Crippen molar-refractivity contribution in [3.63, 3.8) is 0 Å². The quantitative estimate of drug-likeness (QED) is 0.471. The Morgan fingerprint density at radius 3 is 2.88 bits per heavy atom. The van der Waals surface area contributed by atoms with Crippen LogP contribution < -0.4 is 5.32 Å². The van der Waals surface area contributed by atoms with Crippen LogP contribution in [0.3, 0.4) is 0 Å². The lowest BCUT2D eigenvalue weighted by molar-refractivity contribution is 0.621. The zero-order chi connectivity index (χ0) is 21.7. The fourth-order valence-corrected chi connectivity index (χ4v) is 4.89. The van der Waals surface area contributed by atoms with Crippen LogP contribution in [0.5, 0.6) is 0 Å². The summed E-state index contributed by atoms with van der Waals surface area (Å²) < 4.78 is 13.8. The summed E-state index contributed by atoms with van der Waals surface area (Å²) in [5, 5.41) is 3.65. The van der Waals surface area contributed by atoms with E-state index in [4.69, 9.17) is 4.98 Å². The third kappa shape index (κ3) is 3.32. The predicted octanol–water partition coefficient (Wildman–Crippen LogP) is 5.51. The van der Waals surface area contributed by atoms with E-state index >= 15 is 0 Å². The summed E-state index contributed by atoms with van der Waals surface area (Å²) in [6, 6.07) is 12.4. The molecule has 158 valence electrons. The van der Waals surface area contributed by atoms with Crippen LogP contribution in [0, 0.1) is 12.7 Å². The first-order valence-electron chi connectivity index (χ1n) is 10.9. The van der Waals surface area contributed by atoms with Gasteiger partial charge in [0.2, 0.25) is 0 Å². The number of aryl methyl sites for hydroxylation is 1. The molecule has 1 N–H and O–H groups in total. The Hall–Kier alpha value is -3.67. The molecule has 6 rings (SSSR count). The lowest BCUT2D eigenvalue weighted by Crippen LogP contribution is -2.24. The van der Waals surface area contributed by atoms with Crippen LogP contribution in [0.1, 0.15) is 36.0 Å². The second kappa shape index (κ2) is 7.48. The molecule has 0 aliphatic heterocycles. The number of pyridine rings is 2. The minimum absolute atomic E-state index is 0.250. The molecule has 0 fully saturated rings. The molecule has 1 aromatic carbocycles. The van der Waals surface area contributed by atoms with Gasteiger partial charge in [0.25, 0.3) is 0 Å². The van der Waals surface area contributed by atoms with Crippen LogP contribution in [0.4, 0.5) is 10.2 Å². The number of fused-ring (bicyclic) bond motifs is 3. The van der Waals surface area contributed by atoms with Crippen LogP contribution >= 0.6 is 0 Å². The van der Waals surface area contributed by atoms with Crippen molar-refractivity contribution in [2.45, 2.75) is 38.6 Å². The highest BCUT2D eigenvalue weighted by molar-refractivity contribution is 5.87. The van der Waals surface area contributed by atoms with Crippen LogP contribution in [-0.4, -0.2) is 26.0 Å². The SMILES string of the molecule is Cc1cnc2c(N[C@@H]3CCC4=C(C3)c3ccccc3C4)nc(-c3cncc(F)c3)nc2c1. The lowest BCUT2D eigenvalue weighted by atomic mass is 9.88. The second-order valence-electron chi connectivity index (χ2n) is 8.67. The molecule has 0 bridgehead atoms. The summed E-state index contributed by atoms with van der Waals surface area (Å²) in [4.78, 5) is 18.0. The molecule has 0 saturated carbocycles. The molecule has 32 heavy (non-hydrogen) atoms. The van der Waals surface area contributed by atoms with Crippen molar-refractivity contribution in [1.82, 2.24) is 19.9 Å². The number of benzene rings is 1. The normalized spacial score (nSPS) is 17.4. The first-order chi connectivity index (χ1) is 15.6. The summed E-state index contributed by atoms with van der Waals surface area (Å²) in [6.45, 7) is 1.98. The molecule has 0 saturated heterocycles. The molecule has 4 aromatic rings. The number of hydrogen-bond acceptors (Lipinski definition) is 5. The van der Waals surface area contributed by atoms with Gasteiger partial charge in [-0.15, -0.1) is 0 Å². The summed E-state index contributed by atoms with van der Waals surface area (Å²) in [5.41, 5.74) is 8.90. The van der Waals surface area contributed by atoms with Gasteiger partial charge in [-0.25, -0.2) is 14.4 Å². The zero-order valence-corrected chi connectivity index (χ0v) is 17.8. The molecule has 2 aliphatic rings. The zero-order valence-electron chi connectivity index (χ0n) is 17.8. The molecule has 3 aromatic heterocycles. The maximum absolute atomic E-state index is 13.8. The van der Waals surface area contributed by atoms with E-state index in [1.165, 1.54) is 29.0 Å². The van der Waals surface area contributed by atoms with Crippen LogP contribution in [0.2, 0.25) is 0 Å². The fourth-order valence-electron chi connectivity index (χ4n) is 4.89. The maximum atomic E-state index is 13.8. The Balaban J connectivity index is 1.38. The van der Waals surface area contributed by atoms with Gasteiger partial charge in [-0.3, -0.25) is 9.97 Å². The highest BCUT2D eigenvalue weighted by Gasteiger charge is 2.28. The van der Waals surface area contributed by atoms with Crippen molar-refractivity contribution in [3.05, 3.63) is 83.1 Å². The Morgan fingerprint density at radius 2 is 1.97 bits per heavy atom. The van der Waals surface area contributed by atoms with Gasteiger partial charge in [-0.1, -0.05) is 29.8 Å². The standard InChI is InChI=1S/C26H22FN5/c1-15-8-23-24(29-12-15)26(32-25(31-23)18-10-19(27)14-28-13-18)30-20-7-6-17-9-16-4-2-3-5-21(16)22(17)11-20/h2-5,8,10,12-14,20H,6-7,9,11H2,1H3,(H,30,31,32)/t20-/m1/s1. The number of allylic oxidation sites excluding steroid dienone is 1. The molecule has 0 amide bonds. The molecule has 5 nitrogen and oxygen atoms in total. The van der Waals surface area contributed by atoms with E-state index in [9.17, 15) is 4.39 Å². The van der Waals surface area contributed by atoms with E-state index in [2.05, 4.69) is 44.5 Å². The molecule has 0 spiro atoms. The molecule has 0 unspecified atom stereocenters. The number of anilines is 1. The molecule has 0 radical (unpaired) electrons. The summed E-state index contributed by atoms with van der Waals surface area (Å²) in [6.07, 6.45) is 8.76. The number of rotatable bonds is 3. The van der Waals surface area contributed by atoms with Crippen molar-refractivity contribution in [1.29, 1.82) is 0 Å². The van der Waals surface area contributed by atoms with Gasteiger partial charge >= 0.3 is 0 Å². The van der Waals surface area contributed by atoms with E-state index in [-0.39, 0.29) is 6.04 Å². The van der Waals surface area contributed by atoms with Crippen LogP contribution in [-0.2, 0) is 6.42 Å². The third-order valence-electron chi connectivity index (χ3n) is 6.39. The average Bonchev–Trinajstić information content (AvgIpc) is 3.17. The first-order valence-corrected chi connectivity index (χ1v) is 10.9. The topological polar surface area (TPSA) is 63.6 Å². The number of halogens is 1. The molecular weight excluding hydrogens is 401 g/mol. The lowest BCUT2D eigenvalue weighted by Gasteiger charge is -2.26. The van der Waals surface area contributed by atoms with Gasteiger partial charge < -0.3 is 5.32 Å². The molecule has 2 aliphatic carbocycles. The Bertz CT molecular complexity index is 1390. The van der Waals surface area contributed by atoms with Crippen molar-refractivity contribution in [3.8, 4) is 11.4 Å². The van der Waals surface area contributed by atoms with E-state index in [1.54, 1.807) is 11.8 Å². The van der Waals surface area contributed by atoms with Gasteiger partial charge in [0.05, 0.1) is 11.7 Å². The van der Waals surface area contributed by atoms with Crippen molar-refractivity contribution >= 4 is 22.4 Å². The monoisotopic (exact) mass is 423 g/mol. The molecule has 6 heteroatoms. The minimum Gasteiger partial charge on any atom is -0.365 e. The van der Waals surface area contributed by atoms with Crippen LogP contribution in [0.15, 0.2) is 60.6 Å². The minimum atomic E-state index is -0.408. The summed E-state index contributed by atoms with van der Waals surface area (Å²) >= 11 is 0. The van der Waals surface area contributed by atoms with Gasteiger partial charge in [0.15, 0.2) is 11.6 Å². The summed E-state index contributed by atoms with van der Waals surface area (Å²) in [5.74, 6) is 0.727.